The van der Waals surface area contributed by atoms with Crippen molar-refractivity contribution in [1.82, 2.24) is 25.0 Å². The van der Waals surface area contributed by atoms with E-state index in [0.29, 0.717) is 23.7 Å². The van der Waals surface area contributed by atoms with E-state index in [2.05, 4.69) is 30.5 Å². The molecule has 2 bridgehead atoms. The van der Waals surface area contributed by atoms with Crippen molar-refractivity contribution >= 4 is 23.2 Å². The number of nitrogens with one attached hydrogen (secondary N) is 1. The maximum absolute atomic E-state index is 13.7. The van der Waals surface area contributed by atoms with Crippen LogP contribution in [0, 0.1) is 17.7 Å². The number of hydrogen-bond acceptors (Lipinski definition) is 8. The standard InChI is InChI=1S/C23H27ClFN7O2/c1-13(2)32-23(34-17-6-7-19(25)18(24)9-17)28-22(30-32)27-21-14-4-5-15(21)12-31(11-14)16-8-20(33-3)29-26-10-16/h6-10,13-15,21H,4-5,11-12H2,1-3H3,(H,27,30)/t14-,15+,21-/i1D3,2D3,13D. The Bertz CT molecular complexity index is 1400. The molecule has 2 fully saturated rings. The van der Waals surface area contributed by atoms with E-state index in [9.17, 15) is 4.39 Å². The van der Waals surface area contributed by atoms with Gasteiger partial charge in [-0.1, -0.05) is 11.6 Å². The van der Waals surface area contributed by atoms with E-state index in [1.54, 1.807) is 6.20 Å². The zero-order valence-electron chi connectivity index (χ0n) is 25.2. The lowest BCUT2D eigenvalue weighted by molar-refractivity contribution is 0.372. The molecule has 2 aliphatic rings. The smallest absolute Gasteiger partial charge is 0.322 e. The van der Waals surface area contributed by atoms with Gasteiger partial charge in [0.1, 0.15) is 11.6 Å². The van der Waals surface area contributed by atoms with Gasteiger partial charge in [-0.25, -0.2) is 9.07 Å². The van der Waals surface area contributed by atoms with Crippen molar-refractivity contribution in [2.75, 3.05) is 30.4 Å². The first-order valence-electron chi connectivity index (χ1n) is 14.2. The fourth-order valence-corrected chi connectivity index (χ4v) is 4.82. The van der Waals surface area contributed by atoms with Crippen LogP contribution < -0.4 is 19.7 Å². The van der Waals surface area contributed by atoms with Crippen LogP contribution in [0.25, 0.3) is 0 Å². The van der Waals surface area contributed by atoms with Crippen LogP contribution >= 0.6 is 11.6 Å². The first kappa shape index (κ1) is 15.7. The topological polar surface area (TPSA) is 90.2 Å². The SMILES string of the molecule is [2H]C([2H])([2H])C([2H])(n1nc(N[C@@H]2[C@@H]3CC[C@H]2CN(c2cnnc(OC)c2)C3)nc1Oc1ccc(F)c(Cl)c1)C([2H])([2H])[2H]. The maximum Gasteiger partial charge on any atom is 0.322 e. The number of rotatable bonds is 7. The van der Waals surface area contributed by atoms with Crippen molar-refractivity contribution in [3.8, 4) is 17.6 Å². The predicted molar refractivity (Wildman–Crippen MR) is 126 cm³/mol. The Kier molecular flexibility index (Phi) is 4.27. The fraction of sp³-hybridized carbons (Fsp3) is 0.478. The van der Waals surface area contributed by atoms with Gasteiger partial charge in [0.25, 0.3) is 0 Å². The number of anilines is 2. The number of hydrogen-bond donors (Lipinski definition) is 1. The highest BCUT2D eigenvalue weighted by molar-refractivity contribution is 6.30. The Balaban J connectivity index is 1.46. The second kappa shape index (κ2) is 9.25. The molecule has 1 aromatic carbocycles. The number of halogens is 2. The van der Waals surface area contributed by atoms with Gasteiger partial charge in [-0.2, -0.15) is 10.1 Å². The van der Waals surface area contributed by atoms with Crippen LogP contribution in [0.5, 0.6) is 17.6 Å². The second-order valence-corrected chi connectivity index (χ2v) is 8.69. The predicted octanol–water partition coefficient (Wildman–Crippen LogP) is 4.57. The molecule has 180 valence electrons. The largest absolute Gasteiger partial charge is 0.480 e. The molecule has 3 atom stereocenters. The molecule has 0 unspecified atom stereocenters. The summed E-state index contributed by atoms with van der Waals surface area (Å²) >= 11 is 5.86. The number of ether oxygens (including phenoxy) is 2. The molecule has 1 aliphatic heterocycles. The quantitative estimate of drug-likeness (QED) is 0.511. The third kappa shape index (κ3) is 4.46. The van der Waals surface area contributed by atoms with Gasteiger partial charge in [0.2, 0.25) is 11.8 Å². The van der Waals surface area contributed by atoms with Crippen LogP contribution in [-0.4, -0.2) is 51.2 Å². The number of aromatic nitrogens is 5. The van der Waals surface area contributed by atoms with Crippen molar-refractivity contribution < 1.29 is 23.5 Å². The molecule has 3 aromatic rings. The van der Waals surface area contributed by atoms with E-state index in [-0.39, 0.29) is 34.6 Å². The molecule has 1 saturated heterocycles. The molecular weight excluding hydrogens is 461 g/mol. The summed E-state index contributed by atoms with van der Waals surface area (Å²) in [5.41, 5.74) is 0.873. The van der Waals surface area contributed by atoms with Gasteiger partial charge < -0.3 is 19.7 Å². The van der Waals surface area contributed by atoms with Gasteiger partial charge in [0.15, 0.2) is 0 Å². The van der Waals surface area contributed by atoms with Gasteiger partial charge in [0.05, 0.1) is 31.4 Å². The van der Waals surface area contributed by atoms with Gasteiger partial charge in [-0.05, 0) is 50.5 Å². The number of piperidine rings is 1. The summed E-state index contributed by atoms with van der Waals surface area (Å²) in [5, 5.41) is 15.0. The Morgan fingerprint density at radius 1 is 1.26 bits per heavy atom. The zero-order valence-corrected chi connectivity index (χ0v) is 19.0. The van der Waals surface area contributed by atoms with Crippen LogP contribution in [0.4, 0.5) is 16.0 Å². The van der Waals surface area contributed by atoms with Crippen molar-refractivity contribution in [2.24, 2.45) is 11.8 Å². The van der Waals surface area contributed by atoms with Crippen LogP contribution in [-0.2, 0) is 0 Å². The van der Waals surface area contributed by atoms with E-state index in [4.69, 9.17) is 30.7 Å². The van der Waals surface area contributed by atoms with Crippen molar-refractivity contribution in [3.05, 3.63) is 41.3 Å². The molecule has 0 amide bonds. The van der Waals surface area contributed by atoms with Gasteiger partial charge in [-0.15, -0.1) is 10.2 Å². The lowest BCUT2D eigenvalue weighted by atomic mass is 9.92. The van der Waals surface area contributed by atoms with E-state index in [0.717, 1.165) is 30.7 Å². The van der Waals surface area contributed by atoms with Crippen molar-refractivity contribution in [2.45, 2.75) is 38.6 Å². The fourth-order valence-electron chi connectivity index (χ4n) is 4.64. The summed E-state index contributed by atoms with van der Waals surface area (Å²) in [5.74, 6) is -0.171. The Labute approximate surface area is 212 Å². The number of nitrogens with zero attached hydrogens (tertiary/aromatic N) is 6. The molecule has 34 heavy (non-hydrogen) atoms. The van der Waals surface area contributed by atoms with Gasteiger partial charge in [-0.3, -0.25) is 0 Å². The monoisotopic (exact) mass is 494 g/mol. The molecule has 2 aromatic heterocycles. The molecule has 1 N–H and O–H groups in total. The average Bonchev–Trinajstić information content (AvgIpc) is 3.39. The highest BCUT2D eigenvalue weighted by Gasteiger charge is 2.43. The Morgan fingerprint density at radius 2 is 2.06 bits per heavy atom. The van der Waals surface area contributed by atoms with E-state index < -0.39 is 31.5 Å². The van der Waals surface area contributed by atoms with Gasteiger partial charge >= 0.3 is 6.01 Å². The van der Waals surface area contributed by atoms with E-state index >= 15 is 0 Å². The lowest BCUT2D eigenvalue weighted by Crippen LogP contribution is -2.48. The molecule has 9 nitrogen and oxygen atoms in total. The third-order valence-corrected chi connectivity index (χ3v) is 6.50. The zero-order chi connectivity index (χ0) is 29.7. The highest BCUT2D eigenvalue weighted by Crippen LogP contribution is 2.40. The number of benzene rings is 1. The minimum absolute atomic E-state index is 0.0511. The van der Waals surface area contributed by atoms with Crippen molar-refractivity contribution in [1.29, 1.82) is 0 Å². The molecular formula is C23H27ClFN7O2. The molecule has 1 aliphatic carbocycles. The Morgan fingerprint density at radius 3 is 2.76 bits per heavy atom. The van der Waals surface area contributed by atoms with Crippen LogP contribution in [0.2, 0.25) is 5.02 Å². The first-order valence-corrected chi connectivity index (χ1v) is 11.1. The molecule has 11 heteroatoms. The molecule has 0 radical (unpaired) electrons. The molecule has 5 rings (SSSR count). The maximum atomic E-state index is 13.7. The summed E-state index contributed by atoms with van der Waals surface area (Å²) in [6, 6.07) is 1.23. The van der Waals surface area contributed by atoms with Crippen molar-refractivity contribution in [3.63, 3.8) is 0 Å². The number of methoxy groups -OCH3 is 1. The van der Waals surface area contributed by atoms with E-state index in [1.807, 2.05) is 6.07 Å². The first-order chi connectivity index (χ1) is 19.2. The summed E-state index contributed by atoms with van der Waals surface area (Å²) in [4.78, 5) is 6.44. The van der Waals surface area contributed by atoms with Gasteiger partial charge in [0, 0.05) is 39.5 Å². The lowest BCUT2D eigenvalue weighted by Gasteiger charge is -2.39. The minimum Gasteiger partial charge on any atom is -0.480 e. The van der Waals surface area contributed by atoms with E-state index in [1.165, 1.54) is 13.2 Å². The Hall–Kier alpha value is -3.14. The highest BCUT2D eigenvalue weighted by atomic mass is 35.5. The van der Waals surface area contributed by atoms with Crippen LogP contribution in [0.3, 0.4) is 0 Å². The summed E-state index contributed by atoms with van der Waals surface area (Å²) < 4.78 is 81.1. The molecule has 3 heterocycles. The summed E-state index contributed by atoms with van der Waals surface area (Å²) in [6.45, 7) is -5.36. The molecule has 1 saturated carbocycles. The number of fused-ring (bicyclic) bond motifs is 2. The minimum atomic E-state index is -3.36. The molecule has 0 spiro atoms. The van der Waals surface area contributed by atoms with Crippen LogP contribution in [0.1, 0.15) is 42.2 Å². The van der Waals surface area contributed by atoms with Crippen LogP contribution in [0.15, 0.2) is 30.5 Å². The normalized spacial score (nSPS) is 25.8. The summed E-state index contributed by atoms with van der Waals surface area (Å²) in [7, 11) is 1.52. The second-order valence-electron chi connectivity index (χ2n) is 8.29. The average molecular weight is 495 g/mol. The summed E-state index contributed by atoms with van der Waals surface area (Å²) in [6.07, 6.45) is 3.47. The third-order valence-electron chi connectivity index (χ3n) is 6.21.